The molecular formula is C21H24N6O3. The van der Waals surface area contributed by atoms with Gasteiger partial charge in [0.15, 0.2) is 11.5 Å². The van der Waals surface area contributed by atoms with E-state index in [0.29, 0.717) is 17.3 Å². The lowest BCUT2D eigenvalue weighted by Crippen LogP contribution is -2.44. The van der Waals surface area contributed by atoms with E-state index in [1.807, 2.05) is 24.8 Å². The predicted molar refractivity (Wildman–Crippen MR) is 111 cm³/mol. The molecule has 0 saturated carbocycles. The maximum absolute atomic E-state index is 13.0. The summed E-state index contributed by atoms with van der Waals surface area (Å²) in [5, 5.41) is 22.2. The van der Waals surface area contributed by atoms with Crippen molar-refractivity contribution < 1.29 is 15.0 Å². The molecule has 0 bridgehead atoms. The number of phenolic OH excluding ortho intramolecular Hbond substituents is 2. The van der Waals surface area contributed by atoms with E-state index in [1.54, 1.807) is 29.4 Å². The van der Waals surface area contributed by atoms with E-state index in [4.69, 9.17) is 0 Å². The Hall–Kier alpha value is -3.62. The van der Waals surface area contributed by atoms with Crippen LogP contribution in [0.1, 0.15) is 37.1 Å². The molecule has 0 aliphatic carbocycles. The van der Waals surface area contributed by atoms with Crippen molar-refractivity contribution in [3.05, 3.63) is 54.2 Å². The average Bonchev–Trinajstić information content (AvgIpc) is 3.41. The van der Waals surface area contributed by atoms with Crippen molar-refractivity contribution in [1.29, 1.82) is 0 Å². The maximum atomic E-state index is 13.0. The molecule has 4 rings (SSSR count). The minimum Gasteiger partial charge on any atom is -0.504 e. The second kappa shape index (κ2) is 8.02. The molecule has 3 N–H and O–H groups in total. The van der Waals surface area contributed by atoms with E-state index in [9.17, 15) is 15.0 Å². The van der Waals surface area contributed by atoms with Crippen molar-refractivity contribution >= 4 is 11.7 Å². The van der Waals surface area contributed by atoms with Gasteiger partial charge in [0.1, 0.15) is 18.2 Å². The Labute approximate surface area is 174 Å². The average molecular weight is 408 g/mol. The fourth-order valence-corrected chi connectivity index (χ4v) is 3.69. The number of anilines is 1. The largest absolute Gasteiger partial charge is 0.504 e. The van der Waals surface area contributed by atoms with Crippen LogP contribution in [0.5, 0.6) is 11.5 Å². The molecule has 2 atom stereocenters. The van der Waals surface area contributed by atoms with E-state index < -0.39 is 0 Å². The molecule has 3 heterocycles. The number of aryl methyl sites for hydroxylation is 1. The Morgan fingerprint density at radius 1 is 1.23 bits per heavy atom. The molecule has 1 aromatic carbocycles. The summed E-state index contributed by atoms with van der Waals surface area (Å²) < 4.78 is 1.74. The van der Waals surface area contributed by atoms with Gasteiger partial charge in [-0.15, -0.1) is 0 Å². The van der Waals surface area contributed by atoms with E-state index in [1.165, 1.54) is 12.1 Å². The summed E-state index contributed by atoms with van der Waals surface area (Å²) in [5.74, 6) is 0.722. The lowest BCUT2D eigenvalue weighted by atomic mass is 10.1. The van der Waals surface area contributed by atoms with Gasteiger partial charge in [0, 0.05) is 30.7 Å². The summed E-state index contributed by atoms with van der Waals surface area (Å²) in [7, 11) is 0. The van der Waals surface area contributed by atoms with Crippen molar-refractivity contribution in [3.8, 4) is 17.4 Å². The highest BCUT2D eigenvalue weighted by Gasteiger charge is 2.33. The summed E-state index contributed by atoms with van der Waals surface area (Å²) in [6, 6.07) is 5.77. The number of nitrogens with zero attached hydrogens (tertiary/aromatic N) is 5. The van der Waals surface area contributed by atoms with Gasteiger partial charge in [-0.3, -0.25) is 9.36 Å². The zero-order valence-electron chi connectivity index (χ0n) is 16.9. The third-order valence-electron chi connectivity index (χ3n) is 5.27. The number of carbonyl (C=O) groups is 1. The van der Waals surface area contributed by atoms with Gasteiger partial charge in [-0.05, 0) is 44.4 Å². The Bertz CT molecular complexity index is 1050. The number of hydrogen-bond donors (Lipinski definition) is 3. The molecule has 1 aliphatic heterocycles. The number of benzene rings is 1. The first-order chi connectivity index (χ1) is 14.4. The molecule has 156 valence electrons. The number of aromatic hydroxyl groups is 2. The van der Waals surface area contributed by atoms with Crippen molar-refractivity contribution in [2.75, 3.05) is 11.4 Å². The molecule has 1 amide bonds. The monoisotopic (exact) mass is 408 g/mol. The topological polar surface area (TPSA) is 116 Å². The third-order valence-corrected chi connectivity index (χ3v) is 5.27. The fraction of sp³-hybridized carbons (Fsp3) is 0.333. The second-order valence-corrected chi connectivity index (χ2v) is 7.47. The maximum Gasteiger partial charge on any atom is 0.243 e. The molecular weight excluding hydrogens is 384 g/mol. The van der Waals surface area contributed by atoms with Crippen LogP contribution in [0.3, 0.4) is 0 Å². The van der Waals surface area contributed by atoms with Crippen LogP contribution in [0, 0.1) is 6.92 Å². The molecule has 9 nitrogen and oxygen atoms in total. The van der Waals surface area contributed by atoms with Crippen LogP contribution >= 0.6 is 0 Å². The molecule has 2 unspecified atom stereocenters. The molecule has 1 saturated heterocycles. The molecule has 3 aromatic rings. The first kappa shape index (κ1) is 19.7. The van der Waals surface area contributed by atoms with Crippen LogP contribution in [0.2, 0.25) is 0 Å². The Kier molecular flexibility index (Phi) is 5.26. The van der Waals surface area contributed by atoms with Crippen molar-refractivity contribution in [3.63, 3.8) is 0 Å². The molecule has 1 aliphatic rings. The summed E-state index contributed by atoms with van der Waals surface area (Å²) in [4.78, 5) is 28.2. The van der Waals surface area contributed by atoms with Gasteiger partial charge in [0.25, 0.3) is 0 Å². The number of phenols is 2. The van der Waals surface area contributed by atoms with Crippen LogP contribution in [-0.4, -0.2) is 48.2 Å². The summed E-state index contributed by atoms with van der Waals surface area (Å²) in [6.07, 6.45) is 6.70. The zero-order chi connectivity index (χ0) is 21.3. The highest BCUT2D eigenvalue weighted by atomic mass is 16.3. The Balaban J connectivity index is 1.53. The highest BCUT2D eigenvalue weighted by Crippen LogP contribution is 2.29. The van der Waals surface area contributed by atoms with E-state index in [-0.39, 0.29) is 29.5 Å². The zero-order valence-corrected chi connectivity index (χ0v) is 16.9. The van der Waals surface area contributed by atoms with Crippen LogP contribution in [0.15, 0.2) is 43.0 Å². The minimum atomic E-state index is -0.344. The van der Waals surface area contributed by atoms with Gasteiger partial charge >= 0.3 is 0 Å². The van der Waals surface area contributed by atoms with E-state index in [2.05, 4.69) is 20.3 Å². The Morgan fingerprint density at radius 2 is 2.07 bits per heavy atom. The quantitative estimate of drug-likeness (QED) is 0.554. The van der Waals surface area contributed by atoms with Gasteiger partial charge in [-0.1, -0.05) is 6.07 Å². The molecule has 9 heteroatoms. The van der Waals surface area contributed by atoms with Gasteiger partial charge in [-0.25, -0.2) is 9.97 Å². The summed E-state index contributed by atoms with van der Waals surface area (Å²) >= 11 is 0. The first-order valence-electron chi connectivity index (χ1n) is 9.85. The number of aromatic nitrogens is 4. The molecule has 30 heavy (non-hydrogen) atoms. The Morgan fingerprint density at radius 3 is 2.80 bits per heavy atom. The molecule has 1 fully saturated rings. The van der Waals surface area contributed by atoms with E-state index in [0.717, 1.165) is 25.1 Å². The smallest absolute Gasteiger partial charge is 0.243 e. The number of rotatable bonds is 5. The van der Waals surface area contributed by atoms with Crippen molar-refractivity contribution in [2.45, 2.75) is 38.8 Å². The fourth-order valence-electron chi connectivity index (χ4n) is 3.69. The van der Waals surface area contributed by atoms with Crippen LogP contribution in [0.25, 0.3) is 5.95 Å². The summed E-state index contributed by atoms with van der Waals surface area (Å²) in [5.41, 5.74) is 1.52. The lowest BCUT2D eigenvalue weighted by molar-refractivity contribution is -0.122. The molecule has 0 spiro atoms. The standard InChI is InChI=1S/C21H24N6O3/c1-13-10-19(25-21(23-13)26-9-7-22-12-26)27-8-3-4-16(27)20(30)24-14(2)15-5-6-17(28)18(29)11-15/h5-7,9-12,14,16,28-29H,3-4,8H2,1-2H3,(H,24,30). The van der Waals surface area contributed by atoms with Crippen LogP contribution in [-0.2, 0) is 4.79 Å². The van der Waals surface area contributed by atoms with E-state index >= 15 is 0 Å². The summed E-state index contributed by atoms with van der Waals surface area (Å²) in [6.45, 7) is 4.47. The van der Waals surface area contributed by atoms with Gasteiger partial charge in [0.05, 0.1) is 6.04 Å². The highest BCUT2D eigenvalue weighted by molar-refractivity contribution is 5.86. The normalized spacial score (nSPS) is 17.1. The van der Waals surface area contributed by atoms with Crippen molar-refractivity contribution in [1.82, 2.24) is 24.8 Å². The van der Waals surface area contributed by atoms with Gasteiger partial charge in [-0.2, -0.15) is 4.98 Å². The van der Waals surface area contributed by atoms with Gasteiger partial charge < -0.3 is 20.4 Å². The first-order valence-corrected chi connectivity index (χ1v) is 9.85. The number of imidazole rings is 1. The molecule has 0 radical (unpaired) electrons. The third kappa shape index (κ3) is 3.91. The number of nitrogens with one attached hydrogen (secondary N) is 1. The van der Waals surface area contributed by atoms with Crippen LogP contribution < -0.4 is 10.2 Å². The SMILES string of the molecule is Cc1cc(N2CCCC2C(=O)NC(C)c2ccc(O)c(O)c2)nc(-n2ccnc2)n1. The van der Waals surface area contributed by atoms with Crippen LogP contribution in [0.4, 0.5) is 5.82 Å². The number of amides is 1. The minimum absolute atomic E-state index is 0.104. The van der Waals surface area contributed by atoms with Gasteiger partial charge in [0.2, 0.25) is 11.9 Å². The predicted octanol–water partition coefficient (Wildman–Crippen LogP) is 2.23. The number of hydrogen-bond acceptors (Lipinski definition) is 7. The second-order valence-electron chi connectivity index (χ2n) is 7.47. The van der Waals surface area contributed by atoms with Crippen molar-refractivity contribution in [2.24, 2.45) is 0 Å². The molecule has 2 aromatic heterocycles. The lowest BCUT2D eigenvalue weighted by Gasteiger charge is -2.27. The number of carbonyl (C=O) groups excluding carboxylic acids is 1.